The minimum atomic E-state index is -0.124. The molecule has 1 rings (SSSR count). The zero-order chi connectivity index (χ0) is 15.9. The van der Waals surface area contributed by atoms with Crippen molar-refractivity contribution in [2.75, 3.05) is 20.2 Å². The first-order valence-corrected chi connectivity index (χ1v) is 8.12. The Labute approximate surface area is 152 Å². The summed E-state index contributed by atoms with van der Waals surface area (Å²) in [5, 5.41) is 16.3. The molecule has 1 atom stereocenters. The van der Waals surface area contributed by atoms with E-state index in [1.54, 1.807) is 7.11 Å². The van der Waals surface area contributed by atoms with Crippen molar-refractivity contribution in [1.29, 1.82) is 0 Å². The van der Waals surface area contributed by atoms with Gasteiger partial charge in [0.25, 0.3) is 0 Å². The van der Waals surface area contributed by atoms with Gasteiger partial charge in [-0.1, -0.05) is 20.8 Å². The van der Waals surface area contributed by atoms with Gasteiger partial charge in [-0.2, -0.15) is 0 Å². The highest BCUT2D eigenvalue weighted by molar-refractivity contribution is 14.0. The van der Waals surface area contributed by atoms with Crippen LogP contribution >= 0.6 is 24.0 Å². The molecule has 3 N–H and O–H groups in total. The van der Waals surface area contributed by atoms with Gasteiger partial charge in [-0.3, -0.25) is 4.99 Å². The van der Waals surface area contributed by atoms with Crippen LogP contribution in [0.4, 0.5) is 0 Å². The van der Waals surface area contributed by atoms with Gasteiger partial charge in [0.05, 0.1) is 18.8 Å². The number of aliphatic imine (C=N–C) groups is 1. The quantitative estimate of drug-likeness (QED) is 0.359. The number of aliphatic hydroxyl groups excluding tert-OH is 1. The van der Waals surface area contributed by atoms with Gasteiger partial charge in [-0.25, -0.2) is 0 Å². The first kappa shape index (κ1) is 21.9. The van der Waals surface area contributed by atoms with E-state index >= 15 is 0 Å². The van der Waals surface area contributed by atoms with Gasteiger partial charge in [0.2, 0.25) is 0 Å². The Kier molecular flexibility index (Phi) is 10.6. The number of guanidine groups is 1. The first-order chi connectivity index (χ1) is 9.86. The van der Waals surface area contributed by atoms with Crippen molar-refractivity contribution in [3.05, 3.63) is 0 Å². The maximum atomic E-state index is 9.57. The van der Waals surface area contributed by atoms with Crippen molar-refractivity contribution in [3.8, 4) is 0 Å². The van der Waals surface area contributed by atoms with Gasteiger partial charge in [-0.05, 0) is 38.0 Å². The number of nitrogens with one attached hydrogen (secondary N) is 2. The Balaban J connectivity index is 0.00000441. The standard InChI is InChI=1S/C16H33N3O2.HI/c1-6-17-15(18-11-14(21-5)16(2,3)4)19-12-7-9-13(20)10-8-12;/h12-14,20H,6-11H2,1-5H3,(H2,17,18,19);1H. The lowest BCUT2D eigenvalue weighted by atomic mass is 9.89. The lowest BCUT2D eigenvalue weighted by molar-refractivity contribution is 0.0241. The molecule has 1 saturated carbocycles. The molecular formula is C16H34IN3O2. The van der Waals surface area contributed by atoms with Gasteiger partial charge in [0.15, 0.2) is 5.96 Å². The summed E-state index contributed by atoms with van der Waals surface area (Å²) in [6.07, 6.45) is 3.72. The molecule has 1 aliphatic carbocycles. The molecule has 5 nitrogen and oxygen atoms in total. The molecule has 0 amide bonds. The molecule has 0 bridgehead atoms. The minimum Gasteiger partial charge on any atom is -0.393 e. The summed E-state index contributed by atoms with van der Waals surface area (Å²) in [6, 6.07) is 0.404. The molecule has 1 fully saturated rings. The van der Waals surface area contributed by atoms with E-state index in [9.17, 15) is 5.11 Å². The van der Waals surface area contributed by atoms with Crippen LogP contribution in [0.2, 0.25) is 0 Å². The molecule has 132 valence electrons. The number of hydrogen-bond donors (Lipinski definition) is 3. The molecule has 0 aromatic heterocycles. The Bertz CT molecular complexity index is 324. The van der Waals surface area contributed by atoms with Crippen LogP contribution < -0.4 is 10.6 Å². The normalized spacial score (nSPS) is 24.4. The topological polar surface area (TPSA) is 65.9 Å². The van der Waals surface area contributed by atoms with Crippen molar-refractivity contribution in [2.24, 2.45) is 10.4 Å². The molecule has 1 unspecified atom stereocenters. The summed E-state index contributed by atoms with van der Waals surface area (Å²) in [6.45, 7) is 10.1. The Hall–Kier alpha value is -0.0800. The Morgan fingerprint density at radius 2 is 1.86 bits per heavy atom. The third-order valence-corrected chi connectivity index (χ3v) is 4.05. The summed E-state index contributed by atoms with van der Waals surface area (Å²) in [5.74, 6) is 0.852. The monoisotopic (exact) mass is 427 g/mol. The average molecular weight is 427 g/mol. The van der Waals surface area contributed by atoms with Crippen molar-refractivity contribution >= 4 is 29.9 Å². The predicted octanol–water partition coefficient (Wildman–Crippen LogP) is 2.52. The molecule has 0 aromatic carbocycles. The van der Waals surface area contributed by atoms with E-state index in [1.807, 2.05) is 0 Å². The van der Waals surface area contributed by atoms with Gasteiger partial charge in [0, 0.05) is 19.7 Å². The summed E-state index contributed by atoms with van der Waals surface area (Å²) >= 11 is 0. The van der Waals surface area contributed by atoms with Gasteiger partial charge in [-0.15, -0.1) is 24.0 Å². The second kappa shape index (κ2) is 10.6. The molecule has 0 aliphatic heterocycles. The molecule has 22 heavy (non-hydrogen) atoms. The molecule has 0 radical (unpaired) electrons. The van der Waals surface area contributed by atoms with Crippen LogP contribution in [0.15, 0.2) is 4.99 Å². The highest BCUT2D eigenvalue weighted by atomic mass is 127. The largest absolute Gasteiger partial charge is 0.393 e. The molecule has 0 aromatic rings. The molecule has 1 aliphatic rings. The maximum absolute atomic E-state index is 9.57. The van der Waals surface area contributed by atoms with Crippen LogP contribution in [-0.2, 0) is 4.74 Å². The Morgan fingerprint density at radius 1 is 1.27 bits per heavy atom. The fraction of sp³-hybridized carbons (Fsp3) is 0.938. The van der Waals surface area contributed by atoms with E-state index in [4.69, 9.17) is 4.74 Å². The van der Waals surface area contributed by atoms with E-state index < -0.39 is 0 Å². The maximum Gasteiger partial charge on any atom is 0.191 e. The molecule has 0 heterocycles. The molecule has 0 saturated heterocycles. The molecule has 0 spiro atoms. The minimum absolute atomic E-state index is 0. The van der Waals surface area contributed by atoms with Gasteiger partial charge < -0.3 is 20.5 Å². The van der Waals surface area contributed by atoms with E-state index in [2.05, 4.69) is 43.3 Å². The van der Waals surface area contributed by atoms with E-state index in [-0.39, 0.29) is 41.6 Å². The second-order valence-electron chi connectivity index (χ2n) is 6.96. The average Bonchev–Trinajstić information content (AvgIpc) is 2.40. The SMILES string of the molecule is CCNC(=NCC(OC)C(C)(C)C)NC1CCC(O)CC1.I. The number of rotatable bonds is 5. The summed E-state index contributed by atoms with van der Waals surface area (Å²) in [7, 11) is 1.74. The number of ether oxygens (including phenoxy) is 1. The number of hydrogen-bond acceptors (Lipinski definition) is 3. The van der Waals surface area contributed by atoms with Crippen LogP contribution in [0, 0.1) is 5.41 Å². The zero-order valence-corrected chi connectivity index (χ0v) is 17.0. The van der Waals surface area contributed by atoms with Crippen LogP contribution in [-0.4, -0.2) is 49.5 Å². The highest BCUT2D eigenvalue weighted by Gasteiger charge is 2.24. The van der Waals surface area contributed by atoms with Crippen LogP contribution in [0.25, 0.3) is 0 Å². The summed E-state index contributed by atoms with van der Waals surface area (Å²) < 4.78 is 5.55. The zero-order valence-electron chi connectivity index (χ0n) is 14.7. The van der Waals surface area contributed by atoms with E-state index in [1.165, 1.54) is 0 Å². The van der Waals surface area contributed by atoms with Gasteiger partial charge in [0.1, 0.15) is 0 Å². The van der Waals surface area contributed by atoms with E-state index in [0.717, 1.165) is 38.2 Å². The first-order valence-electron chi connectivity index (χ1n) is 8.12. The second-order valence-corrected chi connectivity index (χ2v) is 6.96. The van der Waals surface area contributed by atoms with Crippen molar-refractivity contribution in [3.63, 3.8) is 0 Å². The fourth-order valence-corrected chi connectivity index (χ4v) is 2.61. The third-order valence-electron chi connectivity index (χ3n) is 4.05. The van der Waals surface area contributed by atoms with Gasteiger partial charge >= 0.3 is 0 Å². The molecule has 6 heteroatoms. The summed E-state index contributed by atoms with van der Waals surface area (Å²) in [4.78, 5) is 4.67. The lowest BCUT2D eigenvalue weighted by Gasteiger charge is -2.30. The van der Waals surface area contributed by atoms with Crippen molar-refractivity contribution in [1.82, 2.24) is 10.6 Å². The highest BCUT2D eigenvalue weighted by Crippen LogP contribution is 2.22. The smallest absolute Gasteiger partial charge is 0.191 e. The number of halogens is 1. The predicted molar refractivity (Wildman–Crippen MR) is 103 cm³/mol. The lowest BCUT2D eigenvalue weighted by Crippen LogP contribution is -2.46. The number of methoxy groups -OCH3 is 1. The van der Waals surface area contributed by atoms with Crippen molar-refractivity contribution in [2.45, 2.75) is 71.6 Å². The number of aliphatic hydroxyl groups is 1. The van der Waals surface area contributed by atoms with Crippen LogP contribution in [0.5, 0.6) is 0 Å². The molecular weight excluding hydrogens is 393 g/mol. The number of nitrogens with zero attached hydrogens (tertiary/aromatic N) is 1. The summed E-state index contributed by atoms with van der Waals surface area (Å²) in [5.41, 5.74) is 0.0739. The Morgan fingerprint density at radius 3 is 2.32 bits per heavy atom. The third kappa shape index (κ3) is 7.97. The van der Waals surface area contributed by atoms with E-state index in [0.29, 0.717) is 12.6 Å². The fourth-order valence-electron chi connectivity index (χ4n) is 2.61. The van der Waals surface area contributed by atoms with Crippen LogP contribution in [0.1, 0.15) is 53.4 Å². The van der Waals surface area contributed by atoms with Crippen LogP contribution in [0.3, 0.4) is 0 Å². The van der Waals surface area contributed by atoms with Crippen molar-refractivity contribution < 1.29 is 9.84 Å².